The molecule has 0 fully saturated rings. The molecule has 2 heterocycles. The molecule has 0 atom stereocenters. The fraction of sp³-hybridized carbons (Fsp3) is 0.286. The molecule has 9 nitrogen and oxygen atoms in total. The van der Waals surface area contributed by atoms with Gasteiger partial charge in [-0.15, -0.1) is 0 Å². The first-order valence-electron chi connectivity index (χ1n) is 12.3. The van der Waals surface area contributed by atoms with Gasteiger partial charge in [-0.3, -0.25) is 29.0 Å². The minimum atomic E-state index is -0.432. The summed E-state index contributed by atoms with van der Waals surface area (Å²) < 4.78 is 5.36. The summed E-state index contributed by atoms with van der Waals surface area (Å²) in [7, 11) is 1.63. The van der Waals surface area contributed by atoms with E-state index in [-0.39, 0.29) is 13.1 Å². The number of hydrogen-bond donors (Lipinski definition) is 2. The number of hydrogen-bond acceptors (Lipinski definition) is 7. The monoisotopic (exact) mass is 500 g/mol. The Morgan fingerprint density at radius 1 is 0.730 bits per heavy atom. The van der Waals surface area contributed by atoms with Crippen molar-refractivity contribution in [1.29, 1.82) is 0 Å². The van der Waals surface area contributed by atoms with E-state index in [1.54, 1.807) is 31.4 Å². The normalized spacial score (nSPS) is 14.6. The summed E-state index contributed by atoms with van der Waals surface area (Å²) in [6.45, 7) is 2.01. The third-order valence-electron chi connectivity index (χ3n) is 6.89. The van der Waals surface area contributed by atoms with E-state index in [0.717, 1.165) is 11.3 Å². The van der Waals surface area contributed by atoms with Crippen LogP contribution in [0.1, 0.15) is 59.8 Å². The van der Waals surface area contributed by atoms with Crippen LogP contribution in [0.3, 0.4) is 0 Å². The average Bonchev–Trinajstić information content (AvgIpc) is 2.92. The molecule has 3 aromatic rings. The number of rotatable bonds is 10. The molecule has 0 spiro atoms. The van der Waals surface area contributed by atoms with Gasteiger partial charge in [0.1, 0.15) is 5.75 Å². The first-order valence-corrected chi connectivity index (χ1v) is 12.3. The number of nitrogens with zero attached hydrogens (tertiary/aromatic N) is 2. The number of ether oxygens (including phenoxy) is 1. The van der Waals surface area contributed by atoms with Crippen molar-refractivity contribution in [1.82, 2.24) is 15.1 Å². The highest BCUT2D eigenvalue weighted by atomic mass is 16.5. The maximum atomic E-state index is 13.4. The Morgan fingerprint density at radius 3 is 1.70 bits per heavy atom. The zero-order valence-electron chi connectivity index (χ0n) is 20.6. The molecule has 2 aliphatic heterocycles. The molecule has 2 aliphatic rings. The van der Waals surface area contributed by atoms with E-state index in [1.807, 2.05) is 24.3 Å². The highest BCUT2D eigenvalue weighted by Crippen LogP contribution is 2.37. The summed E-state index contributed by atoms with van der Waals surface area (Å²) in [6.07, 6.45) is 1.06. The van der Waals surface area contributed by atoms with Gasteiger partial charge in [-0.25, -0.2) is 0 Å². The zero-order valence-corrected chi connectivity index (χ0v) is 20.6. The molecule has 3 aromatic carbocycles. The summed E-state index contributed by atoms with van der Waals surface area (Å²) in [5.41, 5.74) is 7.89. The first-order chi connectivity index (χ1) is 18.0. The van der Waals surface area contributed by atoms with Crippen molar-refractivity contribution in [2.45, 2.75) is 19.4 Å². The molecule has 0 aliphatic carbocycles. The molecule has 3 N–H and O–H groups in total. The summed E-state index contributed by atoms with van der Waals surface area (Å²) in [4.78, 5) is 55.3. The lowest BCUT2D eigenvalue weighted by molar-refractivity contribution is 0.0587. The van der Waals surface area contributed by atoms with E-state index in [4.69, 9.17) is 10.5 Å². The minimum absolute atomic E-state index is 0.218. The summed E-state index contributed by atoms with van der Waals surface area (Å²) in [5.74, 6) is -0.906. The second-order valence-corrected chi connectivity index (χ2v) is 9.08. The first kappa shape index (κ1) is 24.6. The second kappa shape index (κ2) is 10.1. The molecule has 0 saturated carbocycles. The highest BCUT2D eigenvalue weighted by molar-refractivity contribution is 6.33. The average molecular weight is 501 g/mol. The van der Waals surface area contributed by atoms with E-state index in [1.165, 1.54) is 9.80 Å². The third kappa shape index (κ3) is 4.16. The lowest BCUT2D eigenvalue weighted by Gasteiger charge is -2.32. The predicted octanol–water partition coefficient (Wildman–Crippen LogP) is 2.57. The smallest absolute Gasteiger partial charge is 0.261 e. The van der Waals surface area contributed by atoms with Crippen LogP contribution in [0.2, 0.25) is 0 Å². The van der Waals surface area contributed by atoms with E-state index >= 15 is 0 Å². The van der Waals surface area contributed by atoms with Crippen molar-refractivity contribution in [3.63, 3.8) is 0 Å². The molecule has 37 heavy (non-hydrogen) atoms. The number of benzene rings is 3. The van der Waals surface area contributed by atoms with Gasteiger partial charge in [0.2, 0.25) is 0 Å². The van der Waals surface area contributed by atoms with E-state index in [9.17, 15) is 19.2 Å². The molecular weight excluding hydrogens is 472 g/mol. The van der Waals surface area contributed by atoms with Crippen molar-refractivity contribution in [3.8, 4) is 5.75 Å². The number of carbonyl (C=O) groups is 4. The number of carbonyl (C=O) groups excluding carboxylic acids is 4. The molecule has 5 rings (SSSR count). The Bertz CT molecular complexity index is 1360. The molecule has 0 saturated heterocycles. The Labute approximate surface area is 214 Å². The van der Waals surface area contributed by atoms with Crippen LogP contribution in [0.5, 0.6) is 5.75 Å². The van der Waals surface area contributed by atoms with Crippen molar-refractivity contribution >= 4 is 34.4 Å². The second-order valence-electron chi connectivity index (χ2n) is 9.08. The molecule has 0 bridgehead atoms. The molecule has 9 heteroatoms. The standard InChI is InChI=1S/C28H28N4O5/c1-37-22-7-3-2-6-17(22)16-30-13-5-15-32-27(35)20-10-8-18-23-19(9-11-21(24(20)23)28(32)36)26(34)31(25(18)33)14-4-12-29/h2-3,6-11,30H,4-5,12-16,29H2,1H3. The summed E-state index contributed by atoms with van der Waals surface area (Å²) in [5, 5.41) is 4.09. The van der Waals surface area contributed by atoms with Gasteiger partial charge in [-0.1, -0.05) is 18.2 Å². The fourth-order valence-electron chi connectivity index (χ4n) is 5.06. The highest BCUT2D eigenvalue weighted by Gasteiger charge is 2.39. The van der Waals surface area contributed by atoms with Crippen molar-refractivity contribution in [2.75, 3.05) is 33.3 Å². The van der Waals surface area contributed by atoms with Gasteiger partial charge >= 0.3 is 0 Å². The van der Waals surface area contributed by atoms with Crippen LogP contribution in [-0.2, 0) is 6.54 Å². The number of para-hydroxylation sites is 1. The maximum Gasteiger partial charge on any atom is 0.261 e. The molecular formula is C28H28N4O5. The molecule has 0 radical (unpaired) electrons. The lowest BCUT2D eigenvalue weighted by atomic mass is 9.86. The quantitative estimate of drug-likeness (QED) is 0.324. The maximum absolute atomic E-state index is 13.4. The molecule has 0 aromatic heterocycles. The largest absolute Gasteiger partial charge is 0.496 e. The van der Waals surface area contributed by atoms with Crippen LogP contribution in [-0.4, -0.2) is 66.7 Å². The van der Waals surface area contributed by atoms with Crippen LogP contribution in [0.4, 0.5) is 0 Å². The topological polar surface area (TPSA) is 122 Å². The van der Waals surface area contributed by atoms with Gasteiger partial charge in [-0.05, 0) is 56.3 Å². The Morgan fingerprint density at radius 2 is 1.22 bits per heavy atom. The number of methoxy groups -OCH3 is 1. The van der Waals surface area contributed by atoms with Crippen molar-refractivity contribution < 1.29 is 23.9 Å². The molecule has 190 valence electrons. The zero-order chi connectivity index (χ0) is 26.1. The van der Waals surface area contributed by atoms with Gasteiger partial charge < -0.3 is 15.8 Å². The van der Waals surface area contributed by atoms with E-state index in [2.05, 4.69) is 5.32 Å². The number of imide groups is 2. The van der Waals surface area contributed by atoms with Gasteiger partial charge in [0.25, 0.3) is 23.6 Å². The predicted molar refractivity (Wildman–Crippen MR) is 138 cm³/mol. The SMILES string of the molecule is COc1ccccc1CNCCCN1C(=O)c2ccc3c4c(ccc(c24)C1=O)C(=O)N(CCCN)C3=O. The van der Waals surface area contributed by atoms with Crippen molar-refractivity contribution in [3.05, 3.63) is 76.3 Å². The molecule has 0 unspecified atom stereocenters. The number of amides is 4. The number of nitrogens with two attached hydrogens (primary N) is 1. The van der Waals surface area contributed by atoms with E-state index in [0.29, 0.717) is 65.5 Å². The Kier molecular flexibility index (Phi) is 6.73. The summed E-state index contributed by atoms with van der Waals surface area (Å²) >= 11 is 0. The third-order valence-corrected chi connectivity index (χ3v) is 6.89. The van der Waals surface area contributed by atoms with Crippen LogP contribution in [0.15, 0.2) is 48.5 Å². The fourth-order valence-corrected chi connectivity index (χ4v) is 5.06. The Hall–Kier alpha value is -4.08. The van der Waals surface area contributed by atoms with Gasteiger partial charge in [0.15, 0.2) is 0 Å². The van der Waals surface area contributed by atoms with Crippen LogP contribution in [0.25, 0.3) is 10.8 Å². The molecule has 4 amide bonds. The Balaban J connectivity index is 1.35. The summed E-state index contributed by atoms with van der Waals surface area (Å²) in [6, 6.07) is 14.1. The lowest BCUT2D eigenvalue weighted by Crippen LogP contribution is -2.44. The van der Waals surface area contributed by atoms with Crippen LogP contribution >= 0.6 is 0 Å². The minimum Gasteiger partial charge on any atom is -0.496 e. The van der Waals surface area contributed by atoms with Crippen molar-refractivity contribution in [2.24, 2.45) is 5.73 Å². The van der Waals surface area contributed by atoms with E-state index < -0.39 is 23.6 Å². The van der Waals surface area contributed by atoms with Gasteiger partial charge in [-0.2, -0.15) is 0 Å². The van der Waals surface area contributed by atoms with Crippen LogP contribution in [0, 0.1) is 0 Å². The number of nitrogens with one attached hydrogen (secondary N) is 1. The van der Waals surface area contributed by atoms with Gasteiger partial charge in [0.05, 0.1) is 7.11 Å². The van der Waals surface area contributed by atoms with Gasteiger partial charge in [0, 0.05) is 58.2 Å². The van der Waals surface area contributed by atoms with Crippen LogP contribution < -0.4 is 15.8 Å².